The van der Waals surface area contributed by atoms with E-state index in [1.807, 2.05) is 47.4 Å². The molecule has 3 aromatic rings. The second kappa shape index (κ2) is 10.4. The van der Waals surface area contributed by atoms with Crippen LogP contribution < -0.4 is 5.32 Å². The van der Waals surface area contributed by atoms with Crippen LogP contribution in [-0.2, 0) is 6.54 Å². The molecule has 0 saturated heterocycles. The topological polar surface area (TPSA) is 75.4 Å². The van der Waals surface area contributed by atoms with E-state index < -0.39 is 0 Å². The van der Waals surface area contributed by atoms with E-state index in [1.165, 1.54) is 19.1 Å². The molecule has 6 heteroatoms. The van der Waals surface area contributed by atoms with Gasteiger partial charge < -0.3 is 14.6 Å². The van der Waals surface area contributed by atoms with E-state index in [2.05, 4.69) is 10.3 Å². The second-order valence-electron chi connectivity index (χ2n) is 9.69. The van der Waals surface area contributed by atoms with Crippen molar-refractivity contribution in [3.63, 3.8) is 0 Å². The molecular weight excluding hydrogens is 426 g/mol. The first-order valence-electron chi connectivity index (χ1n) is 12.7. The van der Waals surface area contributed by atoms with Crippen molar-refractivity contribution in [3.8, 4) is 0 Å². The number of rotatable bonds is 6. The zero-order valence-corrected chi connectivity index (χ0v) is 19.7. The van der Waals surface area contributed by atoms with Gasteiger partial charge in [0.05, 0.1) is 6.54 Å². The van der Waals surface area contributed by atoms with Gasteiger partial charge in [0.25, 0.3) is 11.8 Å². The predicted molar refractivity (Wildman–Crippen MR) is 132 cm³/mol. The highest BCUT2D eigenvalue weighted by Crippen LogP contribution is 2.28. The average molecular weight is 460 g/mol. The standard InChI is InChI=1S/C28H33N3O3/c32-27(29-21-12-3-1-4-13-21)25-19-34-26(30-25)18-31(22-14-5-2-6-15-22)28(33)24-17-9-11-20-10-7-8-16-23(20)24/h7-11,16-17,19,21-22H,1-6,12-15,18H2,(H,29,32). The van der Waals surface area contributed by atoms with Crippen LogP contribution in [0.3, 0.4) is 0 Å². The molecule has 2 aromatic carbocycles. The van der Waals surface area contributed by atoms with Gasteiger partial charge in [-0.3, -0.25) is 9.59 Å². The molecule has 0 radical (unpaired) electrons. The van der Waals surface area contributed by atoms with Gasteiger partial charge >= 0.3 is 0 Å². The fraction of sp³-hybridized carbons (Fsp3) is 0.464. The molecule has 2 saturated carbocycles. The number of nitrogens with one attached hydrogen (secondary N) is 1. The SMILES string of the molecule is O=C(NC1CCCCC1)c1coc(CN(C(=O)c2cccc3ccccc23)C2CCCCC2)n1. The largest absolute Gasteiger partial charge is 0.446 e. The molecule has 2 aliphatic rings. The smallest absolute Gasteiger partial charge is 0.273 e. The number of carbonyl (C=O) groups is 2. The van der Waals surface area contributed by atoms with Gasteiger partial charge in [-0.1, -0.05) is 74.9 Å². The molecule has 178 valence electrons. The zero-order chi connectivity index (χ0) is 23.3. The summed E-state index contributed by atoms with van der Waals surface area (Å²) in [6, 6.07) is 14.2. The highest BCUT2D eigenvalue weighted by atomic mass is 16.3. The lowest BCUT2D eigenvalue weighted by Crippen LogP contribution is -2.41. The fourth-order valence-electron chi connectivity index (χ4n) is 5.47. The summed E-state index contributed by atoms with van der Waals surface area (Å²) >= 11 is 0. The molecule has 34 heavy (non-hydrogen) atoms. The van der Waals surface area contributed by atoms with Crippen LogP contribution in [0.25, 0.3) is 10.8 Å². The van der Waals surface area contributed by atoms with Gasteiger partial charge in [-0.15, -0.1) is 0 Å². The molecule has 0 unspecified atom stereocenters. The fourth-order valence-corrected chi connectivity index (χ4v) is 5.47. The Hall–Kier alpha value is -3.15. The Bertz CT molecular complexity index is 1140. The highest BCUT2D eigenvalue weighted by Gasteiger charge is 2.29. The van der Waals surface area contributed by atoms with E-state index in [0.717, 1.165) is 62.1 Å². The summed E-state index contributed by atoms with van der Waals surface area (Å²) in [5.74, 6) is 0.217. The molecule has 1 heterocycles. The summed E-state index contributed by atoms with van der Waals surface area (Å²) < 4.78 is 5.70. The normalized spacial score (nSPS) is 17.5. The van der Waals surface area contributed by atoms with Gasteiger partial charge in [0.15, 0.2) is 5.69 Å². The van der Waals surface area contributed by atoms with Crippen LogP contribution in [0.1, 0.15) is 90.9 Å². The lowest BCUT2D eigenvalue weighted by molar-refractivity contribution is 0.0594. The maximum absolute atomic E-state index is 13.8. The van der Waals surface area contributed by atoms with Crippen LogP contribution >= 0.6 is 0 Å². The average Bonchev–Trinajstić information content (AvgIpc) is 3.37. The van der Waals surface area contributed by atoms with Gasteiger partial charge in [-0.25, -0.2) is 4.98 Å². The predicted octanol–water partition coefficient (Wildman–Crippen LogP) is 5.87. The molecule has 1 aromatic heterocycles. The molecule has 0 bridgehead atoms. The molecule has 5 rings (SSSR count). The van der Waals surface area contributed by atoms with Crippen molar-refractivity contribution in [2.45, 2.75) is 82.8 Å². The van der Waals surface area contributed by atoms with Crippen LogP contribution in [0.2, 0.25) is 0 Å². The first kappa shape index (κ1) is 22.6. The first-order valence-corrected chi connectivity index (χ1v) is 12.7. The maximum Gasteiger partial charge on any atom is 0.273 e. The van der Waals surface area contributed by atoms with E-state index in [4.69, 9.17) is 4.42 Å². The lowest BCUT2D eigenvalue weighted by atomic mass is 9.93. The maximum atomic E-state index is 13.8. The molecule has 6 nitrogen and oxygen atoms in total. The zero-order valence-electron chi connectivity index (χ0n) is 19.7. The van der Waals surface area contributed by atoms with Crippen LogP contribution in [0.15, 0.2) is 53.1 Å². The Labute approximate surface area is 200 Å². The Balaban J connectivity index is 1.36. The van der Waals surface area contributed by atoms with Crippen molar-refractivity contribution in [2.24, 2.45) is 0 Å². The Morgan fingerprint density at radius 3 is 2.41 bits per heavy atom. The minimum absolute atomic E-state index is 0.00453. The second-order valence-corrected chi connectivity index (χ2v) is 9.69. The van der Waals surface area contributed by atoms with E-state index in [1.54, 1.807) is 0 Å². The molecule has 2 fully saturated rings. The number of benzene rings is 2. The third-order valence-electron chi connectivity index (χ3n) is 7.33. The van der Waals surface area contributed by atoms with Crippen LogP contribution in [-0.4, -0.2) is 33.8 Å². The first-order chi connectivity index (χ1) is 16.7. The number of carbonyl (C=O) groups excluding carboxylic acids is 2. The number of amides is 2. The lowest BCUT2D eigenvalue weighted by Gasteiger charge is -2.34. The van der Waals surface area contributed by atoms with Gasteiger partial charge in [-0.05, 0) is 42.5 Å². The Morgan fingerprint density at radius 2 is 1.62 bits per heavy atom. The number of nitrogens with zero attached hydrogens (tertiary/aromatic N) is 2. The van der Waals surface area contributed by atoms with E-state index in [9.17, 15) is 9.59 Å². The van der Waals surface area contributed by atoms with Crippen LogP contribution in [0, 0.1) is 0 Å². The van der Waals surface area contributed by atoms with Gasteiger partial charge in [-0.2, -0.15) is 0 Å². The van der Waals surface area contributed by atoms with Crippen molar-refractivity contribution in [1.29, 1.82) is 0 Å². The number of oxazole rings is 1. The minimum atomic E-state index is -0.188. The Kier molecular flexibility index (Phi) is 6.93. The minimum Gasteiger partial charge on any atom is -0.446 e. The molecule has 1 N–H and O–H groups in total. The highest BCUT2D eigenvalue weighted by molar-refractivity contribution is 6.07. The summed E-state index contributed by atoms with van der Waals surface area (Å²) in [4.78, 5) is 32.9. The van der Waals surface area contributed by atoms with E-state index in [-0.39, 0.29) is 30.4 Å². The number of hydrogen-bond acceptors (Lipinski definition) is 4. The van der Waals surface area contributed by atoms with Crippen molar-refractivity contribution in [3.05, 3.63) is 65.9 Å². The molecule has 0 spiro atoms. The Morgan fingerprint density at radius 1 is 0.912 bits per heavy atom. The van der Waals surface area contributed by atoms with E-state index in [0.29, 0.717) is 17.1 Å². The quantitative estimate of drug-likeness (QED) is 0.501. The van der Waals surface area contributed by atoms with Crippen molar-refractivity contribution in [1.82, 2.24) is 15.2 Å². The van der Waals surface area contributed by atoms with Crippen LogP contribution in [0.4, 0.5) is 0 Å². The molecule has 2 aliphatic carbocycles. The van der Waals surface area contributed by atoms with Gasteiger partial charge in [0, 0.05) is 17.6 Å². The van der Waals surface area contributed by atoms with Gasteiger partial charge in [0.1, 0.15) is 6.26 Å². The molecule has 2 amide bonds. The summed E-state index contributed by atoms with van der Waals surface area (Å²) in [6.45, 7) is 0.267. The molecular formula is C28H33N3O3. The van der Waals surface area contributed by atoms with Crippen LogP contribution in [0.5, 0.6) is 0 Å². The third kappa shape index (κ3) is 5.01. The summed E-state index contributed by atoms with van der Waals surface area (Å²) in [5.41, 5.74) is 0.993. The number of hydrogen-bond donors (Lipinski definition) is 1. The van der Waals surface area contributed by atoms with E-state index >= 15 is 0 Å². The molecule has 0 atom stereocenters. The monoisotopic (exact) mass is 459 g/mol. The number of fused-ring (bicyclic) bond motifs is 1. The summed E-state index contributed by atoms with van der Waals surface area (Å²) in [7, 11) is 0. The van der Waals surface area contributed by atoms with Crippen molar-refractivity contribution < 1.29 is 14.0 Å². The summed E-state index contributed by atoms with van der Waals surface area (Å²) in [6.07, 6.45) is 12.4. The van der Waals surface area contributed by atoms with Crippen molar-refractivity contribution >= 4 is 22.6 Å². The van der Waals surface area contributed by atoms with Gasteiger partial charge in [0.2, 0.25) is 5.89 Å². The third-order valence-corrected chi connectivity index (χ3v) is 7.33. The van der Waals surface area contributed by atoms with Crippen molar-refractivity contribution in [2.75, 3.05) is 0 Å². The summed E-state index contributed by atoms with van der Waals surface area (Å²) in [5, 5.41) is 5.10. The number of aromatic nitrogens is 1. The molecule has 0 aliphatic heterocycles.